The summed E-state index contributed by atoms with van der Waals surface area (Å²) in [6.45, 7) is 0.662. The van der Waals surface area contributed by atoms with Crippen LogP contribution in [0.2, 0.25) is 5.02 Å². The third kappa shape index (κ3) is 2.86. The minimum Gasteiger partial charge on any atom is -0.508 e. The van der Waals surface area contributed by atoms with Crippen LogP contribution in [0.3, 0.4) is 0 Å². The van der Waals surface area contributed by atoms with Crippen LogP contribution in [0, 0.1) is 0 Å². The van der Waals surface area contributed by atoms with Crippen molar-refractivity contribution in [2.75, 3.05) is 26.9 Å². The molecule has 1 atom stereocenters. The molecule has 0 bridgehead atoms. The van der Waals surface area contributed by atoms with Crippen LogP contribution in [0.15, 0.2) is 18.2 Å². The molecule has 7 heteroatoms. The minimum absolute atomic E-state index is 0.0689. The standard InChI is InChI=1S/C13H14ClNO5/c1-19-13(18)11-7-20-5-4-15(11)12(17)9-6-8(16)2-3-10(9)14/h2-3,6,11,16H,4-5,7H2,1H3. The van der Waals surface area contributed by atoms with Gasteiger partial charge < -0.3 is 19.5 Å². The van der Waals surface area contributed by atoms with E-state index in [2.05, 4.69) is 4.74 Å². The van der Waals surface area contributed by atoms with Crippen molar-refractivity contribution >= 4 is 23.5 Å². The fourth-order valence-corrected chi connectivity index (χ4v) is 2.21. The molecule has 1 aromatic rings. The van der Waals surface area contributed by atoms with Crippen LogP contribution < -0.4 is 0 Å². The van der Waals surface area contributed by atoms with E-state index < -0.39 is 17.9 Å². The molecule has 0 radical (unpaired) electrons. The highest BCUT2D eigenvalue weighted by molar-refractivity contribution is 6.33. The molecule has 1 aliphatic heterocycles. The smallest absolute Gasteiger partial charge is 0.331 e. The fourth-order valence-electron chi connectivity index (χ4n) is 2.01. The first-order valence-corrected chi connectivity index (χ1v) is 6.37. The maximum absolute atomic E-state index is 12.5. The summed E-state index contributed by atoms with van der Waals surface area (Å²) in [5.74, 6) is -1.06. The molecule has 2 rings (SSSR count). The molecule has 1 aliphatic rings. The van der Waals surface area contributed by atoms with E-state index in [-0.39, 0.29) is 29.5 Å². The van der Waals surface area contributed by atoms with Crippen molar-refractivity contribution in [3.8, 4) is 5.75 Å². The summed E-state index contributed by atoms with van der Waals surface area (Å²) >= 11 is 5.97. The van der Waals surface area contributed by atoms with Crippen molar-refractivity contribution < 1.29 is 24.2 Å². The van der Waals surface area contributed by atoms with E-state index in [1.54, 1.807) is 0 Å². The number of hydrogen-bond donors (Lipinski definition) is 1. The fraction of sp³-hybridized carbons (Fsp3) is 0.385. The van der Waals surface area contributed by atoms with Crippen molar-refractivity contribution in [2.45, 2.75) is 6.04 Å². The Morgan fingerprint density at radius 2 is 2.25 bits per heavy atom. The van der Waals surface area contributed by atoms with Gasteiger partial charge in [0.15, 0.2) is 6.04 Å². The van der Waals surface area contributed by atoms with Gasteiger partial charge in [-0.15, -0.1) is 0 Å². The number of halogens is 1. The van der Waals surface area contributed by atoms with Crippen LogP contribution in [0.5, 0.6) is 5.75 Å². The number of aromatic hydroxyl groups is 1. The second-order valence-corrected chi connectivity index (χ2v) is 4.68. The first-order chi connectivity index (χ1) is 9.54. The van der Waals surface area contributed by atoms with Gasteiger partial charge in [0.25, 0.3) is 5.91 Å². The number of carbonyl (C=O) groups is 2. The molecule has 1 N–H and O–H groups in total. The van der Waals surface area contributed by atoms with Crippen LogP contribution in [0.25, 0.3) is 0 Å². The monoisotopic (exact) mass is 299 g/mol. The number of esters is 1. The van der Waals surface area contributed by atoms with Crippen LogP contribution in [0.1, 0.15) is 10.4 Å². The number of morpholine rings is 1. The van der Waals surface area contributed by atoms with E-state index in [0.717, 1.165) is 0 Å². The van der Waals surface area contributed by atoms with Crippen molar-refractivity contribution in [2.24, 2.45) is 0 Å². The number of carbonyl (C=O) groups excluding carboxylic acids is 2. The maximum atomic E-state index is 12.5. The highest BCUT2D eigenvalue weighted by Crippen LogP contribution is 2.24. The Bertz CT molecular complexity index is 533. The summed E-state index contributed by atoms with van der Waals surface area (Å²) in [6.07, 6.45) is 0. The summed E-state index contributed by atoms with van der Waals surface area (Å²) in [6, 6.07) is 3.28. The Kier molecular flexibility index (Phi) is 4.46. The average Bonchev–Trinajstić information content (AvgIpc) is 2.48. The molecule has 1 heterocycles. The lowest BCUT2D eigenvalue weighted by Gasteiger charge is -2.33. The molecule has 6 nitrogen and oxygen atoms in total. The molecule has 1 saturated heterocycles. The third-order valence-electron chi connectivity index (χ3n) is 3.04. The number of phenolic OH excluding ortho intramolecular Hbond substituents is 1. The van der Waals surface area contributed by atoms with Gasteiger partial charge in [0.05, 0.1) is 30.9 Å². The molecule has 1 fully saturated rings. The van der Waals surface area contributed by atoms with Gasteiger partial charge in [0.2, 0.25) is 0 Å². The van der Waals surface area contributed by atoms with Crippen LogP contribution >= 0.6 is 11.6 Å². The number of rotatable bonds is 2. The zero-order valence-corrected chi connectivity index (χ0v) is 11.6. The molecule has 108 valence electrons. The van der Waals surface area contributed by atoms with E-state index >= 15 is 0 Å². The number of benzene rings is 1. The number of amides is 1. The van der Waals surface area contributed by atoms with E-state index in [9.17, 15) is 14.7 Å². The Hall–Kier alpha value is -1.79. The topological polar surface area (TPSA) is 76.1 Å². The number of phenols is 1. The number of methoxy groups -OCH3 is 1. The van der Waals surface area contributed by atoms with Gasteiger partial charge in [-0.25, -0.2) is 4.79 Å². The first-order valence-electron chi connectivity index (χ1n) is 5.99. The molecule has 0 aromatic heterocycles. The first kappa shape index (κ1) is 14.6. The Labute approximate surface area is 120 Å². The molecular weight excluding hydrogens is 286 g/mol. The van der Waals surface area contributed by atoms with E-state index in [0.29, 0.717) is 6.61 Å². The van der Waals surface area contributed by atoms with Crippen LogP contribution in [-0.2, 0) is 14.3 Å². The molecule has 20 heavy (non-hydrogen) atoms. The quantitative estimate of drug-likeness (QED) is 0.826. The summed E-state index contributed by atoms with van der Waals surface area (Å²) in [7, 11) is 1.25. The summed E-state index contributed by atoms with van der Waals surface area (Å²) in [5, 5.41) is 9.67. The highest BCUT2D eigenvalue weighted by Gasteiger charge is 2.34. The molecule has 1 amide bonds. The van der Waals surface area contributed by atoms with Crippen molar-refractivity contribution in [1.82, 2.24) is 4.90 Å². The second kappa shape index (κ2) is 6.11. The molecule has 0 saturated carbocycles. The normalized spacial score (nSPS) is 18.7. The van der Waals surface area contributed by atoms with Gasteiger partial charge >= 0.3 is 5.97 Å². The lowest BCUT2D eigenvalue weighted by molar-refractivity contribution is -0.151. The largest absolute Gasteiger partial charge is 0.508 e. The average molecular weight is 300 g/mol. The molecule has 1 aromatic carbocycles. The summed E-state index contributed by atoms with van der Waals surface area (Å²) in [5.41, 5.74) is 0.141. The lowest BCUT2D eigenvalue weighted by Crippen LogP contribution is -2.53. The van der Waals surface area contributed by atoms with Crippen molar-refractivity contribution in [3.05, 3.63) is 28.8 Å². The van der Waals surface area contributed by atoms with E-state index in [1.165, 1.54) is 30.2 Å². The Morgan fingerprint density at radius 1 is 1.50 bits per heavy atom. The van der Waals surface area contributed by atoms with Gasteiger partial charge in [0.1, 0.15) is 5.75 Å². The Balaban J connectivity index is 2.30. The van der Waals surface area contributed by atoms with E-state index in [4.69, 9.17) is 16.3 Å². The molecule has 1 unspecified atom stereocenters. The number of nitrogens with zero attached hydrogens (tertiary/aromatic N) is 1. The maximum Gasteiger partial charge on any atom is 0.331 e. The minimum atomic E-state index is -0.806. The third-order valence-corrected chi connectivity index (χ3v) is 3.37. The zero-order chi connectivity index (χ0) is 14.7. The van der Waals surface area contributed by atoms with Crippen molar-refractivity contribution in [3.63, 3.8) is 0 Å². The summed E-state index contributed by atoms with van der Waals surface area (Å²) < 4.78 is 9.86. The lowest BCUT2D eigenvalue weighted by atomic mass is 10.1. The van der Waals surface area contributed by atoms with Crippen molar-refractivity contribution in [1.29, 1.82) is 0 Å². The number of ether oxygens (including phenoxy) is 2. The van der Waals surface area contributed by atoms with Gasteiger partial charge in [-0.3, -0.25) is 4.79 Å². The predicted octanol–water partition coefficient (Wildman–Crippen LogP) is 1.06. The highest BCUT2D eigenvalue weighted by atomic mass is 35.5. The SMILES string of the molecule is COC(=O)C1COCCN1C(=O)c1cc(O)ccc1Cl. The Morgan fingerprint density at radius 3 is 2.95 bits per heavy atom. The van der Waals surface area contributed by atoms with E-state index in [1.807, 2.05) is 0 Å². The summed E-state index contributed by atoms with van der Waals surface area (Å²) in [4.78, 5) is 25.5. The van der Waals surface area contributed by atoms with Gasteiger partial charge in [-0.1, -0.05) is 11.6 Å². The van der Waals surface area contributed by atoms with Crippen LogP contribution in [-0.4, -0.2) is 54.8 Å². The predicted molar refractivity (Wildman–Crippen MR) is 70.8 cm³/mol. The van der Waals surface area contributed by atoms with Gasteiger partial charge in [0, 0.05) is 6.54 Å². The van der Waals surface area contributed by atoms with Gasteiger partial charge in [-0.05, 0) is 18.2 Å². The second-order valence-electron chi connectivity index (χ2n) is 4.28. The van der Waals surface area contributed by atoms with Crippen LogP contribution in [0.4, 0.5) is 0 Å². The molecular formula is C13H14ClNO5. The number of hydrogen-bond acceptors (Lipinski definition) is 5. The zero-order valence-electron chi connectivity index (χ0n) is 10.8. The molecule has 0 aliphatic carbocycles. The van der Waals surface area contributed by atoms with Gasteiger partial charge in [-0.2, -0.15) is 0 Å². The molecule has 0 spiro atoms.